The highest BCUT2D eigenvalue weighted by atomic mass is 16.5. The van der Waals surface area contributed by atoms with Gasteiger partial charge in [-0.2, -0.15) is 0 Å². The lowest BCUT2D eigenvalue weighted by Gasteiger charge is -2.47. The minimum absolute atomic E-state index is 0.00700. The minimum Gasteiger partial charge on any atom is -0.480 e. The number of nitrogens with zero attached hydrogens (tertiary/aromatic N) is 3. The van der Waals surface area contributed by atoms with E-state index < -0.39 is 17.5 Å². The summed E-state index contributed by atoms with van der Waals surface area (Å²) in [5.41, 5.74) is 0.128. The Hall–Kier alpha value is -2.22. The standard InChI is InChI=1S/C13H17N3O5/c1-8-4-9(15-11(14-8)12(19)20-3)16-6-13(2,7-16)21-5-10(17)18/h4H,5-7H2,1-3H3,(H,17,18). The van der Waals surface area contributed by atoms with Gasteiger partial charge in [-0.3, -0.25) is 0 Å². The number of carboxylic acids is 1. The fourth-order valence-corrected chi connectivity index (χ4v) is 2.15. The van der Waals surface area contributed by atoms with Crippen LogP contribution in [0, 0.1) is 6.92 Å². The molecule has 2 heterocycles. The molecule has 0 aromatic carbocycles. The van der Waals surface area contributed by atoms with E-state index in [2.05, 4.69) is 14.7 Å². The highest BCUT2D eigenvalue weighted by Crippen LogP contribution is 2.29. The summed E-state index contributed by atoms with van der Waals surface area (Å²) in [6, 6.07) is 1.75. The summed E-state index contributed by atoms with van der Waals surface area (Å²) in [4.78, 5) is 32.1. The summed E-state index contributed by atoms with van der Waals surface area (Å²) >= 11 is 0. The largest absolute Gasteiger partial charge is 0.480 e. The van der Waals surface area contributed by atoms with Gasteiger partial charge in [0.25, 0.3) is 0 Å². The molecule has 21 heavy (non-hydrogen) atoms. The molecule has 1 aromatic heterocycles. The van der Waals surface area contributed by atoms with E-state index in [9.17, 15) is 9.59 Å². The van der Waals surface area contributed by atoms with Crippen molar-refractivity contribution >= 4 is 17.8 Å². The summed E-state index contributed by atoms with van der Waals surface area (Å²) in [5.74, 6) is -0.988. The van der Waals surface area contributed by atoms with Gasteiger partial charge < -0.3 is 19.5 Å². The molecule has 0 radical (unpaired) electrons. The molecule has 114 valence electrons. The number of carboxylic acid groups (broad SMARTS) is 1. The molecule has 1 aliphatic rings. The zero-order chi connectivity index (χ0) is 15.6. The van der Waals surface area contributed by atoms with Crippen LogP contribution >= 0.6 is 0 Å². The van der Waals surface area contributed by atoms with Gasteiger partial charge >= 0.3 is 11.9 Å². The fourth-order valence-electron chi connectivity index (χ4n) is 2.15. The highest BCUT2D eigenvalue weighted by Gasteiger charge is 2.41. The van der Waals surface area contributed by atoms with Crippen molar-refractivity contribution in [1.29, 1.82) is 0 Å². The molecular formula is C13H17N3O5. The van der Waals surface area contributed by atoms with Crippen molar-refractivity contribution in [3.63, 3.8) is 0 Å². The Labute approximate surface area is 121 Å². The van der Waals surface area contributed by atoms with Crippen LogP contribution in [0.5, 0.6) is 0 Å². The maximum absolute atomic E-state index is 11.5. The molecule has 2 rings (SSSR count). The molecule has 8 nitrogen and oxygen atoms in total. The number of carbonyl (C=O) groups excluding carboxylic acids is 1. The van der Waals surface area contributed by atoms with Crippen LogP contribution in [0.25, 0.3) is 0 Å². The molecule has 1 fully saturated rings. The van der Waals surface area contributed by atoms with Crippen molar-refractivity contribution in [3.8, 4) is 0 Å². The number of aryl methyl sites for hydroxylation is 1. The third kappa shape index (κ3) is 3.46. The van der Waals surface area contributed by atoms with E-state index in [1.807, 2.05) is 11.8 Å². The molecule has 0 saturated carbocycles. The zero-order valence-corrected chi connectivity index (χ0v) is 12.1. The van der Waals surface area contributed by atoms with Crippen LogP contribution in [0.2, 0.25) is 0 Å². The first-order chi connectivity index (χ1) is 9.83. The lowest BCUT2D eigenvalue weighted by atomic mass is 9.96. The quantitative estimate of drug-likeness (QED) is 0.771. The molecule has 0 unspecified atom stereocenters. The summed E-state index contributed by atoms with van der Waals surface area (Å²) in [7, 11) is 1.27. The third-order valence-corrected chi connectivity index (χ3v) is 3.13. The number of rotatable bonds is 5. The fraction of sp³-hybridized carbons (Fsp3) is 0.538. The van der Waals surface area contributed by atoms with E-state index in [1.165, 1.54) is 7.11 Å². The van der Waals surface area contributed by atoms with Gasteiger partial charge in [-0.05, 0) is 13.8 Å². The number of aromatic nitrogens is 2. The molecule has 0 atom stereocenters. The summed E-state index contributed by atoms with van der Waals surface area (Å²) in [5, 5.41) is 8.63. The Morgan fingerprint density at radius 1 is 1.43 bits per heavy atom. The maximum atomic E-state index is 11.5. The number of esters is 1. The predicted octanol–water partition coefficient (Wildman–Crippen LogP) is 0.252. The van der Waals surface area contributed by atoms with Gasteiger partial charge in [0.05, 0.1) is 7.11 Å². The van der Waals surface area contributed by atoms with Crippen LogP contribution in [0.15, 0.2) is 6.07 Å². The van der Waals surface area contributed by atoms with Gasteiger partial charge in [0.2, 0.25) is 5.82 Å². The van der Waals surface area contributed by atoms with Crippen molar-refractivity contribution in [3.05, 3.63) is 17.6 Å². The number of anilines is 1. The SMILES string of the molecule is COC(=O)c1nc(C)cc(N2CC(C)(OCC(=O)O)C2)n1. The highest BCUT2D eigenvalue weighted by molar-refractivity contribution is 5.85. The number of carbonyl (C=O) groups is 2. The van der Waals surface area contributed by atoms with Gasteiger partial charge in [-0.15, -0.1) is 0 Å². The Balaban J connectivity index is 2.06. The Morgan fingerprint density at radius 3 is 2.67 bits per heavy atom. The average Bonchev–Trinajstić information content (AvgIpc) is 2.40. The van der Waals surface area contributed by atoms with E-state index in [-0.39, 0.29) is 12.4 Å². The van der Waals surface area contributed by atoms with Gasteiger partial charge in [0, 0.05) is 24.8 Å². The van der Waals surface area contributed by atoms with Crippen LogP contribution < -0.4 is 4.90 Å². The number of aliphatic carboxylic acids is 1. The first kappa shape index (κ1) is 15.2. The van der Waals surface area contributed by atoms with Gasteiger partial charge in [0.15, 0.2) is 0 Å². The third-order valence-electron chi connectivity index (χ3n) is 3.13. The van der Waals surface area contributed by atoms with Crippen molar-refractivity contribution < 1.29 is 24.2 Å². The second-order valence-corrected chi connectivity index (χ2v) is 5.17. The smallest absolute Gasteiger partial charge is 0.376 e. The number of hydrogen-bond acceptors (Lipinski definition) is 7. The van der Waals surface area contributed by atoms with E-state index in [0.29, 0.717) is 24.6 Å². The number of ether oxygens (including phenoxy) is 2. The van der Waals surface area contributed by atoms with Crippen molar-refractivity contribution in [2.75, 3.05) is 31.7 Å². The van der Waals surface area contributed by atoms with E-state index in [1.54, 1.807) is 13.0 Å². The Morgan fingerprint density at radius 2 is 2.10 bits per heavy atom. The van der Waals surface area contributed by atoms with E-state index >= 15 is 0 Å². The second-order valence-electron chi connectivity index (χ2n) is 5.17. The molecule has 1 N–H and O–H groups in total. The molecule has 0 aliphatic carbocycles. The maximum Gasteiger partial charge on any atom is 0.376 e. The van der Waals surface area contributed by atoms with Gasteiger partial charge in [0.1, 0.15) is 18.0 Å². The zero-order valence-electron chi connectivity index (χ0n) is 12.1. The van der Waals surface area contributed by atoms with Crippen molar-refractivity contribution in [2.45, 2.75) is 19.4 Å². The molecular weight excluding hydrogens is 278 g/mol. The lowest BCUT2D eigenvalue weighted by Crippen LogP contribution is -2.62. The molecule has 1 saturated heterocycles. The molecule has 0 amide bonds. The monoisotopic (exact) mass is 295 g/mol. The van der Waals surface area contributed by atoms with Crippen LogP contribution in [0.1, 0.15) is 23.2 Å². The molecule has 1 aliphatic heterocycles. The molecule has 8 heteroatoms. The number of methoxy groups -OCH3 is 1. The topological polar surface area (TPSA) is 102 Å². The molecule has 1 aromatic rings. The Kier molecular flexibility index (Phi) is 4.08. The lowest BCUT2D eigenvalue weighted by molar-refractivity contribution is -0.150. The second kappa shape index (κ2) is 5.65. The van der Waals surface area contributed by atoms with Crippen molar-refractivity contribution in [1.82, 2.24) is 9.97 Å². The minimum atomic E-state index is -1.000. The summed E-state index contributed by atoms with van der Waals surface area (Å²) < 4.78 is 9.94. The van der Waals surface area contributed by atoms with Crippen LogP contribution in [0.4, 0.5) is 5.82 Å². The van der Waals surface area contributed by atoms with Gasteiger partial charge in [-0.1, -0.05) is 0 Å². The normalized spacial score (nSPS) is 16.2. The van der Waals surface area contributed by atoms with Crippen molar-refractivity contribution in [2.24, 2.45) is 0 Å². The Bertz CT molecular complexity index is 569. The van der Waals surface area contributed by atoms with Crippen LogP contribution in [-0.4, -0.2) is 59.4 Å². The van der Waals surface area contributed by atoms with Crippen LogP contribution in [-0.2, 0) is 14.3 Å². The molecule has 0 bridgehead atoms. The molecule has 0 spiro atoms. The number of hydrogen-bond donors (Lipinski definition) is 1. The van der Waals surface area contributed by atoms with Crippen LogP contribution in [0.3, 0.4) is 0 Å². The first-order valence-corrected chi connectivity index (χ1v) is 6.38. The predicted molar refractivity (Wildman–Crippen MR) is 72.3 cm³/mol. The summed E-state index contributed by atoms with van der Waals surface area (Å²) in [6.07, 6.45) is 0. The van der Waals surface area contributed by atoms with E-state index in [4.69, 9.17) is 9.84 Å². The van der Waals surface area contributed by atoms with E-state index in [0.717, 1.165) is 0 Å². The average molecular weight is 295 g/mol. The first-order valence-electron chi connectivity index (χ1n) is 6.38. The van der Waals surface area contributed by atoms with Gasteiger partial charge in [-0.25, -0.2) is 19.6 Å². The summed E-state index contributed by atoms with van der Waals surface area (Å²) in [6.45, 7) is 4.26.